The molecule has 186 valence electrons. The summed E-state index contributed by atoms with van der Waals surface area (Å²) in [5, 5.41) is 0. The number of hydrogen-bond donors (Lipinski definition) is 0. The van der Waals surface area contributed by atoms with Gasteiger partial charge in [0.2, 0.25) is 0 Å². The van der Waals surface area contributed by atoms with Gasteiger partial charge in [0.15, 0.2) is 17.3 Å². The van der Waals surface area contributed by atoms with E-state index in [4.69, 9.17) is 14.2 Å². The number of carbonyl (C=O) groups excluding carboxylic acids is 2. The number of fused-ring (bicyclic) bond motifs is 1. The van der Waals surface area contributed by atoms with Gasteiger partial charge in [0.1, 0.15) is 12.4 Å². The third kappa shape index (κ3) is 4.78. The number of amides is 1. The van der Waals surface area contributed by atoms with E-state index in [9.17, 15) is 9.59 Å². The van der Waals surface area contributed by atoms with Gasteiger partial charge in [0.05, 0.1) is 14.2 Å². The minimum Gasteiger partial charge on any atom is -0.493 e. The molecule has 1 saturated heterocycles. The molecule has 0 unspecified atom stereocenters. The van der Waals surface area contributed by atoms with Crippen LogP contribution in [0.4, 0.5) is 0 Å². The van der Waals surface area contributed by atoms with Crippen molar-refractivity contribution in [3.05, 3.63) is 83.2 Å². The zero-order valence-electron chi connectivity index (χ0n) is 20.6. The van der Waals surface area contributed by atoms with Crippen molar-refractivity contribution in [1.29, 1.82) is 0 Å². The van der Waals surface area contributed by atoms with Crippen molar-refractivity contribution in [3.8, 4) is 17.2 Å². The van der Waals surface area contributed by atoms with Gasteiger partial charge in [-0.25, -0.2) is 0 Å². The van der Waals surface area contributed by atoms with Gasteiger partial charge in [0.25, 0.3) is 5.91 Å². The van der Waals surface area contributed by atoms with Crippen LogP contribution in [0, 0.1) is 5.92 Å². The Labute approximate surface area is 211 Å². The standard InChI is InChI=1S/C29H30N2O5/c1-34-26-6-3-21(17-27(26)35-2)28(19-7-11-30-12-8-19)20-9-13-31(14-10-20)29(33)22-4-5-25-23(15-22)16-24(32)18-36-25/h3-8,11-12,15,17,20,28H,9-10,13-14,16,18H2,1-2H3/t28-/m0/s1. The molecule has 1 amide bonds. The molecule has 3 aromatic rings. The predicted octanol–water partition coefficient (Wildman–Crippen LogP) is 4.29. The lowest BCUT2D eigenvalue weighted by Gasteiger charge is -2.37. The van der Waals surface area contributed by atoms with Crippen LogP contribution in [0.25, 0.3) is 0 Å². The van der Waals surface area contributed by atoms with E-state index in [2.05, 4.69) is 29.2 Å². The second kappa shape index (κ2) is 10.4. The van der Waals surface area contributed by atoms with Gasteiger partial charge in [0, 0.05) is 48.9 Å². The van der Waals surface area contributed by atoms with Crippen molar-refractivity contribution in [2.75, 3.05) is 33.9 Å². The highest BCUT2D eigenvalue weighted by molar-refractivity contribution is 5.95. The largest absolute Gasteiger partial charge is 0.493 e. The fourth-order valence-corrected chi connectivity index (χ4v) is 5.39. The number of ether oxygens (including phenoxy) is 3. The molecule has 0 radical (unpaired) electrons. The Hall–Kier alpha value is -3.87. The van der Waals surface area contributed by atoms with Crippen molar-refractivity contribution in [2.24, 2.45) is 5.92 Å². The summed E-state index contributed by atoms with van der Waals surface area (Å²) < 4.78 is 16.5. The molecule has 1 atom stereocenters. The Balaban J connectivity index is 1.35. The Morgan fingerprint density at radius 3 is 2.44 bits per heavy atom. The van der Waals surface area contributed by atoms with E-state index in [-0.39, 0.29) is 24.2 Å². The SMILES string of the molecule is COc1ccc([C@@H](c2ccncc2)C2CCN(C(=O)c3ccc4c(c3)CC(=O)CO4)CC2)cc1OC. The lowest BCUT2D eigenvalue weighted by molar-refractivity contribution is -0.121. The number of ketones is 1. The van der Waals surface area contributed by atoms with E-state index in [1.165, 1.54) is 5.56 Å². The van der Waals surface area contributed by atoms with Crippen molar-refractivity contribution >= 4 is 11.7 Å². The number of likely N-dealkylation sites (tertiary alicyclic amines) is 1. The first-order valence-electron chi connectivity index (χ1n) is 12.3. The van der Waals surface area contributed by atoms with Crippen LogP contribution in [0.3, 0.4) is 0 Å². The Kier molecular flexibility index (Phi) is 6.89. The molecule has 36 heavy (non-hydrogen) atoms. The molecule has 0 N–H and O–H groups in total. The maximum absolute atomic E-state index is 13.3. The molecule has 1 fully saturated rings. The fourth-order valence-electron chi connectivity index (χ4n) is 5.39. The van der Waals surface area contributed by atoms with Crippen molar-refractivity contribution < 1.29 is 23.8 Å². The van der Waals surface area contributed by atoms with Crippen LogP contribution in [-0.4, -0.2) is 55.5 Å². The maximum atomic E-state index is 13.3. The third-order valence-electron chi connectivity index (χ3n) is 7.21. The van der Waals surface area contributed by atoms with E-state index >= 15 is 0 Å². The highest BCUT2D eigenvalue weighted by atomic mass is 16.5. The molecular weight excluding hydrogens is 456 g/mol. The number of benzene rings is 2. The van der Waals surface area contributed by atoms with E-state index < -0.39 is 0 Å². The van der Waals surface area contributed by atoms with Crippen LogP contribution in [0.15, 0.2) is 60.9 Å². The van der Waals surface area contributed by atoms with Crippen LogP contribution in [0.5, 0.6) is 17.2 Å². The summed E-state index contributed by atoms with van der Waals surface area (Å²) >= 11 is 0. The number of hydrogen-bond acceptors (Lipinski definition) is 6. The molecule has 2 aromatic carbocycles. The number of piperidine rings is 1. The average molecular weight is 487 g/mol. The molecule has 0 aliphatic carbocycles. The van der Waals surface area contributed by atoms with Gasteiger partial charge in [-0.2, -0.15) is 0 Å². The number of pyridine rings is 1. The lowest BCUT2D eigenvalue weighted by atomic mass is 9.76. The first-order chi connectivity index (χ1) is 17.6. The monoisotopic (exact) mass is 486 g/mol. The first kappa shape index (κ1) is 23.9. The summed E-state index contributed by atoms with van der Waals surface area (Å²) in [6.07, 6.45) is 5.72. The third-order valence-corrected chi connectivity index (χ3v) is 7.21. The number of aromatic nitrogens is 1. The minimum absolute atomic E-state index is 0.000787. The van der Waals surface area contributed by atoms with Crippen LogP contribution < -0.4 is 14.2 Å². The zero-order chi connectivity index (χ0) is 25.1. The quantitative estimate of drug-likeness (QED) is 0.517. The fraction of sp³-hybridized carbons (Fsp3) is 0.345. The van der Waals surface area contributed by atoms with Gasteiger partial charge in [-0.1, -0.05) is 6.07 Å². The van der Waals surface area contributed by atoms with E-state index in [0.29, 0.717) is 48.2 Å². The van der Waals surface area contributed by atoms with E-state index in [0.717, 1.165) is 24.0 Å². The molecule has 7 heteroatoms. The highest BCUT2D eigenvalue weighted by Crippen LogP contribution is 2.41. The van der Waals surface area contributed by atoms with Gasteiger partial charge >= 0.3 is 0 Å². The maximum Gasteiger partial charge on any atom is 0.253 e. The lowest BCUT2D eigenvalue weighted by Crippen LogP contribution is -2.40. The number of Topliss-reactive ketones (excluding diaryl/α,β-unsaturated/α-hetero) is 1. The smallest absolute Gasteiger partial charge is 0.253 e. The molecule has 2 aliphatic heterocycles. The Morgan fingerprint density at radius 1 is 0.972 bits per heavy atom. The molecule has 0 spiro atoms. The second-order valence-electron chi connectivity index (χ2n) is 9.33. The number of nitrogens with zero attached hydrogens (tertiary/aromatic N) is 2. The van der Waals surface area contributed by atoms with Gasteiger partial charge in [-0.3, -0.25) is 14.6 Å². The number of methoxy groups -OCH3 is 2. The summed E-state index contributed by atoms with van der Waals surface area (Å²) in [4.78, 5) is 31.2. The molecule has 2 aliphatic rings. The minimum atomic E-state index is 0.000787. The second-order valence-corrected chi connectivity index (χ2v) is 9.33. The average Bonchev–Trinajstić information content (AvgIpc) is 2.93. The van der Waals surface area contributed by atoms with Crippen LogP contribution >= 0.6 is 0 Å². The molecule has 7 nitrogen and oxygen atoms in total. The van der Waals surface area contributed by atoms with Crippen molar-refractivity contribution in [1.82, 2.24) is 9.88 Å². The predicted molar refractivity (Wildman–Crippen MR) is 135 cm³/mol. The molecular formula is C29H30N2O5. The van der Waals surface area contributed by atoms with Gasteiger partial charge in [-0.15, -0.1) is 0 Å². The summed E-state index contributed by atoms with van der Waals surface area (Å²) in [5.74, 6) is 2.64. The van der Waals surface area contributed by atoms with Crippen molar-refractivity contribution in [3.63, 3.8) is 0 Å². The molecule has 3 heterocycles. The first-order valence-corrected chi connectivity index (χ1v) is 12.3. The molecule has 1 aromatic heterocycles. The van der Waals surface area contributed by atoms with Crippen molar-refractivity contribution in [2.45, 2.75) is 25.2 Å². The topological polar surface area (TPSA) is 78.0 Å². The highest BCUT2D eigenvalue weighted by Gasteiger charge is 2.32. The summed E-state index contributed by atoms with van der Waals surface area (Å²) in [7, 11) is 3.29. The van der Waals surface area contributed by atoms with Crippen LogP contribution in [0.1, 0.15) is 45.8 Å². The van der Waals surface area contributed by atoms with Gasteiger partial charge in [-0.05, 0) is 72.4 Å². The molecule has 0 bridgehead atoms. The number of carbonyl (C=O) groups is 2. The van der Waals surface area contributed by atoms with E-state index in [1.807, 2.05) is 29.4 Å². The molecule has 0 saturated carbocycles. The Morgan fingerprint density at radius 2 is 1.72 bits per heavy atom. The summed E-state index contributed by atoms with van der Waals surface area (Å²) in [6, 6.07) is 15.6. The van der Waals surface area contributed by atoms with Gasteiger partial charge < -0.3 is 19.1 Å². The number of rotatable bonds is 6. The van der Waals surface area contributed by atoms with E-state index in [1.54, 1.807) is 26.4 Å². The molecule has 5 rings (SSSR count). The Bertz CT molecular complexity index is 1250. The van der Waals surface area contributed by atoms with Crippen LogP contribution in [-0.2, 0) is 11.2 Å². The summed E-state index contributed by atoms with van der Waals surface area (Å²) in [5.41, 5.74) is 3.75. The zero-order valence-corrected chi connectivity index (χ0v) is 20.6. The normalized spacial score (nSPS) is 16.6. The van der Waals surface area contributed by atoms with Crippen LogP contribution in [0.2, 0.25) is 0 Å². The summed E-state index contributed by atoms with van der Waals surface area (Å²) in [6.45, 7) is 1.45.